The summed E-state index contributed by atoms with van der Waals surface area (Å²) in [6.07, 6.45) is 1.39. The smallest absolute Gasteiger partial charge is 0.325 e. The van der Waals surface area contributed by atoms with Crippen LogP contribution in [0.5, 0.6) is 0 Å². The van der Waals surface area contributed by atoms with Crippen LogP contribution in [0.4, 0.5) is 0 Å². The van der Waals surface area contributed by atoms with Crippen LogP contribution in [0.1, 0.15) is 42.7 Å². The van der Waals surface area contributed by atoms with Crippen LogP contribution in [-0.2, 0) is 40.1 Å². The lowest BCUT2D eigenvalue weighted by Gasteiger charge is -2.15. The zero-order valence-corrected chi connectivity index (χ0v) is 22.5. The first-order valence-electron chi connectivity index (χ1n) is 12.3. The second kappa shape index (κ2) is 16.9. The molecule has 0 aliphatic heterocycles. The maximum absolute atomic E-state index is 12.3. The van der Waals surface area contributed by atoms with Crippen molar-refractivity contribution in [3.05, 3.63) is 23.5 Å². The van der Waals surface area contributed by atoms with E-state index in [4.69, 9.17) is 16.6 Å². The van der Waals surface area contributed by atoms with E-state index >= 15 is 0 Å². The van der Waals surface area contributed by atoms with E-state index in [2.05, 4.69) is 36.9 Å². The summed E-state index contributed by atoms with van der Waals surface area (Å²) >= 11 is 0. The summed E-state index contributed by atoms with van der Waals surface area (Å²) in [6.45, 7) is 1.31. The fourth-order valence-electron chi connectivity index (χ4n) is 2.95. The number of carbonyl (C=O) groups excluding carboxylic acids is 7. The van der Waals surface area contributed by atoms with Gasteiger partial charge in [-0.3, -0.25) is 38.4 Å². The van der Waals surface area contributed by atoms with Gasteiger partial charge in [0.2, 0.25) is 35.4 Å². The number of aromatic amines is 1. The van der Waals surface area contributed by atoms with Crippen LogP contribution >= 0.6 is 0 Å². The van der Waals surface area contributed by atoms with Gasteiger partial charge in [0.15, 0.2) is 0 Å². The normalized spacial score (nSPS) is 12.6. The first-order valence-corrected chi connectivity index (χ1v) is 12.3. The highest BCUT2D eigenvalue weighted by Gasteiger charge is 2.19. The van der Waals surface area contributed by atoms with Crippen molar-refractivity contribution in [2.75, 3.05) is 19.6 Å². The third-order valence-electron chi connectivity index (χ3n) is 5.29. The number of carbonyl (C=O) groups is 8. The Balaban J connectivity index is 2.37. The molecule has 0 fully saturated rings. The van der Waals surface area contributed by atoms with E-state index in [-0.39, 0.29) is 25.1 Å². The highest BCUT2D eigenvalue weighted by atomic mass is 16.4. The monoisotopic (exact) mass is 581 g/mol. The van der Waals surface area contributed by atoms with E-state index in [9.17, 15) is 38.4 Å². The molecule has 0 spiro atoms. The van der Waals surface area contributed by atoms with Gasteiger partial charge in [0.1, 0.15) is 17.8 Å². The molecule has 1 aromatic rings. The van der Waals surface area contributed by atoms with Gasteiger partial charge in [0.25, 0.3) is 5.91 Å². The number of aromatic nitrogens is 1. The topological polar surface area (TPSA) is 297 Å². The van der Waals surface area contributed by atoms with E-state index < -0.39 is 85.1 Å². The molecule has 41 heavy (non-hydrogen) atoms. The van der Waals surface area contributed by atoms with Crippen molar-refractivity contribution in [1.82, 2.24) is 36.9 Å². The standard InChI is InChI=1S/C23H35N9O9/c1-11(31-19(36)10-29-21(38)14(24)3-4-16(25)33)20(37)28-7-13-5-15(26-6-13)22(39)30-8-17(34)27-9-18(35)32-12(2)23(40)41/h5-6,11-12,14,26H,3-4,7-10,24H2,1-2H3,(H2,25,33)(H,27,34)(H,28,37)(H,29,38)(H,30,39)(H,31,36)(H,32,35)(H,40,41)/t11-,12-,14-/m0/s1. The van der Waals surface area contributed by atoms with E-state index in [0.29, 0.717) is 5.56 Å². The van der Waals surface area contributed by atoms with Gasteiger partial charge < -0.3 is 53.5 Å². The highest BCUT2D eigenvalue weighted by molar-refractivity contribution is 5.96. The van der Waals surface area contributed by atoms with Crippen LogP contribution < -0.4 is 43.4 Å². The third-order valence-corrected chi connectivity index (χ3v) is 5.29. The molecule has 226 valence electrons. The van der Waals surface area contributed by atoms with Gasteiger partial charge in [-0.2, -0.15) is 0 Å². The number of nitrogens with one attached hydrogen (secondary N) is 7. The highest BCUT2D eigenvalue weighted by Crippen LogP contribution is 2.03. The molecule has 1 aromatic heterocycles. The third kappa shape index (κ3) is 13.6. The number of carboxylic acid groups (broad SMARTS) is 1. The largest absolute Gasteiger partial charge is 0.480 e. The Labute approximate surface area is 234 Å². The van der Waals surface area contributed by atoms with Crippen molar-refractivity contribution in [2.45, 2.75) is 51.4 Å². The molecule has 0 aliphatic rings. The first kappa shape index (κ1) is 34.0. The molecule has 0 bridgehead atoms. The van der Waals surface area contributed by atoms with Crippen LogP contribution in [0.2, 0.25) is 0 Å². The number of rotatable bonds is 17. The molecule has 0 saturated carbocycles. The van der Waals surface area contributed by atoms with E-state index in [1.807, 2.05) is 0 Å². The Kier molecular flexibility index (Phi) is 14.0. The first-order chi connectivity index (χ1) is 19.2. The molecule has 0 unspecified atom stereocenters. The van der Waals surface area contributed by atoms with E-state index in [1.54, 1.807) is 0 Å². The molecule has 3 atom stereocenters. The van der Waals surface area contributed by atoms with Crippen LogP contribution in [0.25, 0.3) is 0 Å². The zero-order chi connectivity index (χ0) is 31.1. The van der Waals surface area contributed by atoms with Crippen molar-refractivity contribution >= 4 is 47.3 Å². The number of aliphatic carboxylic acids is 1. The summed E-state index contributed by atoms with van der Waals surface area (Å²) in [6, 6.07) is -1.68. The maximum atomic E-state index is 12.3. The lowest BCUT2D eigenvalue weighted by Crippen LogP contribution is -2.49. The Bertz CT molecular complexity index is 1150. The van der Waals surface area contributed by atoms with Crippen molar-refractivity contribution in [3.63, 3.8) is 0 Å². The summed E-state index contributed by atoms with van der Waals surface area (Å²) in [5.74, 6) is -5.73. The number of carboxylic acids is 1. The van der Waals surface area contributed by atoms with Crippen molar-refractivity contribution in [1.29, 1.82) is 0 Å². The quantitative estimate of drug-likeness (QED) is 0.0838. The second-order valence-corrected chi connectivity index (χ2v) is 8.84. The van der Waals surface area contributed by atoms with Crippen LogP contribution in [0.3, 0.4) is 0 Å². The average molecular weight is 582 g/mol. The molecule has 0 saturated heterocycles. The molecule has 0 radical (unpaired) electrons. The molecule has 18 nitrogen and oxygen atoms in total. The summed E-state index contributed by atoms with van der Waals surface area (Å²) in [7, 11) is 0. The Morgan fingerprint density at radius 1 is 0.829 bits per heavy atom. The minimum absolute atomic E-state index is 0.00135. The van der Waals surface area contributed by atoms with Gasteiger partial charge >= 0.3 is 5.97 Å². The lowest BCUT2D eigenvalue weighted by atomic mass is 10.1. The number of hydrogen-bond acceptors (Lipinski definition) is 9. The fourth-order valence-corrected chi connectivity index (χ4v) is 2.95. The predicted octanol–water partition coefficient (Wildman–Crippen LogP) is -4.72. The molecule has 0 aliphatic carbocycles. The van der Waals surface area contributed by atoms with Gasteiger partial charge in [-0.25, -0.2) is 0 Å². The Morgan fingerprint density at radius 2 is 1.41 bits per heavy atom. The number of amides is 7. The molecular formula is C23H35N9O9. The van der Waals surface area contributed by atoms with E-state index in [1.165, 1.54) is 26.1 Å². The number of hydrogen-bond donors (Lipinski definition) is 10. The van der Waals surface area contributed by atoms with Gasteiger partial charge in [-0.1, -0.05) is 0 Å². The van der Waals surface area contributed by atoms with Crippen LogP contribution in [0.15, 0.2) is 12.3 Å². The fraction of sp³-hybridized carbons (Fsp3) is 0.478. The SMILES string of the molecule is C[C@H](NC(=O)CNC(=O)CNC(=O)c1cc(CNC(=O)[C@H](C)NC(=O)CNC(=O)[C@@H](N)CCC(N)=O)c[nH]1)C(=O)O. The molecule has 0 aromatic carbocycles. The van der Waals surface area contributed by atoms with Gasteiger partial charge in [0.05, 0.1) is 25.7 Å². The van der Waals surface area contributed by atoms with Crippen LogP contribution in [0, 0.1) is 0 Å². The van der Waals surface area contributed by atoms with Crippen LogP contribution in [-0.4, -0.2) is 95.2 Å². The summed E-state index contributed by atoms with van der Waals surface area (Å²) in [5.41, 5.74) is 11.2. The second-order valence-electron chi connectivity index (χ2n) is 8.84. The van der Waals surface area contributed by atoms with E-state index in [0.717, 1.165) is 0 Å². The molecule has 12 N–H and O–H groups in total. The summed E-state index contributed by atoms with van der Waals surface area (Å²) in [4.78, 5) is 95.9. The molecular weight excluding hydrogens is 546 g/mol. The molecule has 1 heterocycles. The summed E-state index contributed by atoms with van der Waals surface area (Å²) < 4.78 is 0. The number of H-pyrrole nitrogens is 1. The lowest BCUT2D eigenvalue weighted by molar-refractivity contribution is -0.141. The van der Waals surface area contributed by atoms with Gasteiger partial charge in [-0.05, 0) is 31.9 Å². The predicted molar refractivity (Wildman–Crippen MR) is 140 cm³/mol. The van der Waals surface area contributed by atoms with Crippen molar-refractivity contribution < 1.29 is 43.5 Å². The number of primary amides is 1. The molecule has 18 heteroatoms. The maximum Gasteiger partial charge on any atom is 0.325 e. The zero-order valence-electron chi connectivity index (χ0n) is 22.5. The number of nitrogens with two attached hydrogens (primary N) is 2. The molecule has 7 amide bonds. The Hall–Kier alpha value is -5.00. The van der Waals surface area contributed by atoms with Crippen molar-refractivity contribution in [2.24, 2.45) is 11.5 Å². The van der Waals surface area contributed by atoms with Gasteiger partial charge in [-0.15, -0.1) is 0 Å². The van der Waals surface area contributed by atoms with Crippen molar-refractivity contribution in [3.8, 4) is 0 Å². The summed E-state index contributed by atoms with van der Waals surface area (Å²) in [5, 5.41) is 22.7. The Morgan fingerprint density at radius 3 is 2.02 bits per heavy atom. The van der Waals surface area contributed by atoms with Gasteiger partial charge in [0, 0.05) is 19.2 Å². The molecule has 1 rings (SSSR count). The minimum Gasteiger partial charge on any atom is -0.480 e. The average Bonchev–Trinajstić information content (AvgIpc) is 3.39. The minimum atomic E-state index is -1.23.